The molecule has 0 aliphatic carbocycles. The first-order valence-corrected chi connectivity index (χ1v) is 7.52. The maximum atomic E-state index is 11.9. The van der Waals surface area contributed by atoms with E-state index >= 15 is 0 Å². The van der Waals surface area contributed by atoms with Gasteiger partial charge in [0, 0.05) is 21.6 Å². The largest absolute Gasteiger partial charge is 0.352 e. The smallest absolute Gasteiger partial charge is 0.251 e. The molecule has 0 saturated heterocycles. The van der Waals surface area contributed by atoms with Gasteiger partial charge in [-0.25, -0.2) is 0 Å². The lowest BCUT2D eigenvalue weighted by molar-refractivity contribution is 0.0954. The third kappa shape index (κ3) is 3.83. The van der Waals surface area contributed by atoms with E-state index in [1.54, 1.807) is 29.5 Å². The Hall–Kier alpha value is -0.840. The Labute approximate surface area is 123 Å². The van der Waals surface area contributed by atoms with E-state index in [0.29, 0.717) is 17.1 Å². The van der Waals surface area contributed by atoms with Gasteiger partial charge in [0.1, 0.15) is 0 Å². The summed E-state index contributed by atoms with van der Waals surface area (Å²) in [5.74, 6) is -0.103. The van der Waals surface area contributed by atoms with Crippen LogP contribution in [0.2, 0.25) is 5.02 Å². The lowest BCUT2D eigenvalue weighted by atomic mass is 10.2. The van der Waals surface area contributed by atoms with Crippen LogP contribution < -0.4 is 5.32 Å². The normalized spacial score (nSPS) is 10.3. The van der Waals surface area contributed by atoms with Crippen molar-refractivity contribution in [2.24, 2.45) is 0 Å². The van der Waals surface area contributed by atoms with Crippen molar-refractivity contribution in [3.63, 3.8) is 0 Å². The molecule has 18 heavy (non-hydrogen) atoms. The number of nitrogens with one attached hydrogen (secondary N) is 1. The second-order valence-electron chi connectivity index (χ2n) is 3.80. The van der Waals surface area contributed by atoms with Crippen molar-refractivity contribution in [2.45, 2.75) is 6.42 Å². The molecule has 0 aliphatic heterocycles. The Kier molecular flexibility index (Phi) is 4.80. The first-order valence-electron chi connectivity index (χ1n) is 5.40. The Morgan fingerprint density at radius 2 is 2.22 bits per heavy atom. The summed E-state index contributed by atoms with van der Waals surface area (Å²) in [5, 5.41) is 7.54. The van der Waals surface area contributed by atoms with Gasteiger partial charge < -0.3 is 5.32 Å². The summed E-state index contributed by atoms with van der Waals surface area (Å²) < 4.78 is 0.804. The molecule has 0 fully saturated rings. The summed E-state index contributed by atoms with van der Waals surface area (Å²) in [7, 11) is 0. The van der Waals surface area contributed by atoms with E-state index in [2.05, 4.69) is 32.7 Å². The molecule has 0 unspecified atom stereocenters. The minimum Gasteiger partial charge on any atom is -0.352 e. The summed E-state index contributed by atoms with van der Waals surface area (Å²) in [6, 6.07) is 7.23. The van der Waals surface area contributed by atoms with Gasteiger partial charge in [0.2, 0.25) is 0 Å². The zero-order valence-electron chi connectivity index (χ0n) is 9.45. The molecule has 1 aromatic carbocycles. The summed E-state index contributed by atoms with van der Waals surface area (Å²) in [6.45, 7) is 0.625. The fraction of sp³-hybridized carbons (Fsp3) is 0.154. The standard InChI is InChI=1S/C13H11BrClNOS/c14-11-5-10(6-12(15)7-11)13(17)16-3-1-9-2-4-18-8-9/h2,4-8H,1,3H2,(H,16,17). The SMILES string of the molecule is O=C(NCCc1ccsc1)c1cc(Cl)cc(Br)c1. The molecule has 0 spiro atoms. The van der Waals surface area contributed by atoms with Crippen LogP contribution in [0.15, 0.2) is 39.5 Å². The molecule has 94 valence electrons. The molecule has 0 atom stereocenters. The predicted molar refractivity (Wildman–Crippen MR) is 79.5 cm³/mol. The monoisotopic (exact) mass is 343 g/mol. The number of hydrogen-bond acceptors (Lipinski definition) is 2. The predicted octanol–water partition coefficient (Wildman–Crippen LogP) is 4.14. The van der Waals surface area contributed by atoms with Crippen LogP contribution in [0.5, 0.6) is 0 Å². The van der Waals surface area contributed by atoms with Crippen LogP contribution in [0, 0.1) is 0 Å². The van der Waals surface area contributed by atoms with Gasteiger partial charge in [-0.05, 0) is 47.0 Å². The number of carbonyl (C=O) groups is 1. The summed E-state index contributed by atoms with van der Waals surface area (Å²) in [6.07, 6.45) is 0.844. The molecule has 0 aliphatic rings. The van der Waals surface area contributed by atoms with Crippen molar-refractivity contribution in [1.82, 2.24) is 5.32 Å². The van der Waals surface area contributed by atoms with Gasteiger partial charge in [0.25, 0.3) is 5.91 Å². The molecule has 1 heterocycles. The van der Waals surface area contributed by atoms with Gasteiger partial charge in [-0.3, -0.25) is 4.79 Å². The summed E-state index contributed by atoms with van der Waals surface area (Å²) in [5.41, 5.74) is 1.81. The first kappa shape index (κ1) is 13.6. The van der Waals surface area contributed by atoms with E-state index in [1.807, 2.05) is 5.38 Å². The number of carbonyl (C=O) groups excluding carboxylic acids is 1. The van der Waals surface area contributed by atoms with Crippen LogP contribution in [-0.4, -0.2) is 12.5 Å². The number of rotatable bonds is 4. The highest BCUT2D eigenvalue weighted by molar-refractivity contribution is 9.10. The number of hydrogen-bond donors (Lipinski definition) is 1. The Balaban J connectivity index is 1.91. The molecule has 1 amide bonds. The first-order chi connectivity index (χ1) is 8.65. The van der Waals surface area contributed by atoms with Crippen molar-refractivity contribution < 1.29 is 4.79 Å². The summed E-state index contributed by atoms with van der Waals surface area (Å²) in [4.78, 5) is 11.9. The maximum absolute atomic E-state index is 11.9. The van der Waals surface area contributed by atoms with Crippen molar-refractivity contribution in [3.05, 3.63) is 55.6 Å². The van der Waals surface area contributed by atoms with Gasteiger partial charge in [-0.1, -0.05) is 27.5 Å². The molecule has 1 N–H and O–H groups in total. The number of benzene rings is 1. The average molecular weight is 345 g/mol. The molecule has 2 rings (SSSR count). The van der Waals surface area contributed by atoms with Crippen LogP contribution >= 0.6 is 38.9 Å². The van der Waals surface area contributed by atoms with Crippen LogP contribution in [-0.2, 0) is 6.42 Å². The second kappa shape index (κ2) is 6.36. The highest BCUT2D eigenvalue weighted by Crippen LogP contribution is 2.19. The van der Waals surface area contributed by atoms with Crippen LogP contribution in [0.1, 0.15) is 15.9 Å². The van der Waals surface area contributed by atoms with Crippen molar-refractivity contribution in [2.75, 3.05) is 6.54 Å². The zero-order chi connectivity index (χ0) is 13.0. The number of amides is 1. The van der Waals surface area contributed by atoms with Crippen molar-refractivity contribution in [1.29, 1.82) is 0 Å². The van der Waals surface area contributed by atoms with Crippen molar-refractivity contribution in [3.8, 4) is 0 Å². The molecule has 5 heteroatoms. The molecule has 0 radical (unpaired) electrons. The van der Waals surface area contributed by atoms with Gasteiger partial charge >= 0.3 is 0 Å². The van der Waals surface area contributed by atoms with E-state index < -0.39 is 0 Å². The molecule has 0 bridgehead atoms. The lowest BCUT2D eigenvalue weighted by Crippen LogP contribution is -2.25. The van der Waals surface area contributed by atoms with Gasteiger partial charge in [-0.2, -0.15) is 11.3 Å². The van der Waals surface area contributed by atoms with Crippen LogP contribution in [0.25, 0.3) is 0 Å². The number of thiophene rings is 1. The van der Waals surface area contributed by atoms with Gasteiger partial charge in [0.15, 0.2) is 0 Å². The summed E-state index contributed by atoms with van der Waals surface area (Å²) >= 11 is 10.9. The second-order valence-corrected chi connectivity index (χ2v) is 5.93. The third-order valence-electron chi connectivity index (χ3n) is 2.40. The molecular weight excluding hydrogens is 334 g/mol. The van der Waals surface area contributed by atoms with E-state index in [9.17, 15) is 4.79 Å². The maximum Gasteiger partial charge on any atom is 0.251 e. The quantitative estimate of drug-likeness (QED) is 0.887. The van der Waals surface area contributed by atoms with E-state index in [-0.39, 0.29) is 5.91 Å². The highest BCUT2D eigenvalue weighted by atomic mass is 79.9. The van der Waals surface area contributed by atoms with Crippen LogP contribution in [0.4, 0.5) is 0 Å². The topological polar surface area (TPSA) is 29.1 Å². The number of halogens is 2. The minimum absolute atomic E-state index is 0.103. The third-order valence-corrected chi connectivity index (χ3v) is 3.81. The highest BCUT2D eigenvalue weighted by Gasteiger charge is 2.07. The van der Waals surface area contributed by atoms with Crippen LogP contribution in [0.3, 0.4) is 0 Å². The van der Waals surface area contributed by atoms with Crippen molar-refractivity contribution >= 4 is 44.8 Å². The molecule has 1 aromatic heterocycles. The van der Waals surface area contributed by atoms with Gasteiger partial charge in [0.05, 0.1) is 0 Å². The fourth-order valence-corrected chi connectivity index (χ4v) is 3.11. The Morgan fingerprint density at radius 3 is 2.89 bits per heavy atom. The molecule has 0 saturated carbocycles. The minimum atomic E-state index is -0.103. The van der Waals surface area contributed by atoms with E-state index in [4.69, 9.17) is 11.6 Å². The Morgan fingerprint density at radius 1 is 1.39 bits per heavy atom. The lowest BCUT2D eigenvalue weighted by Gasteiger charge is -2.05. The van der Waals surface area contributed by atoms with Gasteiger partial charge in [-0.15, -0.1) is 0 Å². The fourth-order valence-electron chi connectivity index (χ4n) is 1.54. The molecule has 2 nitrogen and oxygen atoms in total. The average Bonchev–Trinajstić information content (AvgIpc) is 2.80. The molecular formula is C13H11BrClNOS. The zero-order valence-corrected chi connectivity index (χ0v) is 12.6. The Bertz CT molecular complexity index is 522. The molecule has 2 aromatic rings. The van der Waals surface area contributed by atoms with E-state index in [0.717, 1.165) is 10.9 Å². The van der Waals surface area contributed by atoms with E-state index in [1.165, 1.54) is 5.56 Å².